The number of ether oxygens (including phenoxy) is 1. The Labute approximate surface area is 157 Å². The number of carbonyl (C=O) groups excluding carboxylic acids is 1. The number of amides is 1. The van der Waals surface area contributed by atoms with Gasteiger partial charge in [-0.1, -0.05) is 45.0 Å². The fourth-order valence-corrected chi connectivity index (χ4v) is 2.97. The van der Waals surface area contributed by atoms with E-state index in [4.69, 9.17) is 4.74 Å². The van der Waals surface area contributed by atoms with Crippen LogP contribution in [0.5, 0.6) is 5.75 Å². The van der Waals surface area contributed by atoms with Gasteiger partial charge in [-0.15, -0.1) is 0 Å². The molecule has 0 spiro atoms. The molecule has 4 heteroatoms. The summed E-state index contributed by atoms with van der Waals surface area (Å²) >= 11 is 0. The third-order valence-electron chi connectivity index (χ3n) is 4.75. The molecule has 0 aliphatic heterocycles. The summed E-state index contributed by atoms with van der Waals surface area (Å²) in [5, 5.41) is 3.13. The molecule has 1 atom stereocenters. The highest BCUT2D eigenvalue weighted by Crippen LogP contribution is 2.20. The van der Waals surface area contributed by atoms with Crippen molar-refractivity contribution in [2.24, 2.45) is 0 Å². The minimum atomic E-state index is -0.0398. The van der Waals surface area contributed by atoms with Crippen molar-refractivity contribution in [1.29, 1.82) is 0 Å². The lowest BCUT2D eigenvalue weighted by Gasteiger charge is -2.19. The van der Waals surface area contributed by atoms with Crippen LogP contribution in [0, 0.1) is 0 Å². The predicted molar refractivity (Wildman–Crippen MR) is 107 cm³/mol. The Balaban J connectivity index is 2.02. The zero-order valence-corrected chi connectivity index (χ0v) is 16.3. The van der Waals surface area contributed by atoms with Gasteiger partial charge in [0.2, 0.25) is 0 Å². The number of benzene rings is 2. The maximum Gasteiger partial charge on any atom is 0.251 e. The molecular formula is C22H30N2O2. The fourth-order valence-electron chi connectivity index (χ4n) is 2.97. The molecule has 1 N–H and O–H groups in total. The van der Waals surface area contributed by atoms with E-state index in [2.05, 4.69) is 31.0 Å². The Bertz CT molecular complexity index is 676. The van der Waals surface area contributed by atoms with Gasteiger partial charge in [0.1, 0.15) is 5.75 Å². The van der Waals surface area contributed by atoms with Crippen molar-refractivity contribution in [3.8, 4) is 5.75 Å². The van der Waals surface area contributed by atoms with Gasteiger partial charge in [-0.05, 0) is 54.9 Å². The zero-order valence-electron chi connectivity index (χ0n) is 16.3. The Morgan fingerprint density at radius 3 is 2.12 bits per heavy atom. The summed E-state index contributed by atoms with van der Waals surface area (Å²) in [7, 11) is 1.65. The second kappa shape index (κ2) is 9.97. The third-order valence-corrected chi connectivity index (χ3v) is 4.75. The van der Waals surface area contributed by atoms with Crippen molar-refractivity contribution >= 4 is 5.91 Å². The van der Waals surface area contributed by atoms with Crippen molar-refractivity contribution in [1.82, 2.24) is 10.2 Å². The lowest BCUT2D eigenvalue weighted by atomic mass is 10.0. The molecule has 2 rings (SSSR count). The van der Waals surface area contributed by atoms with E-state index in [0.717, 1.165) is 37.4 Å². The van der Waals surface area contributed by atoms with Gasteiger partial charge in [-0.2, -0.15) is 0 Å². The highest BCUT2D eigenvalue weighted by atomic mass is 16.5. The second-order valence-corrected chi connectivity index (χ2v) is 6.37. The van der Waals surface area contributed by atoms with Crippen LogP contribution in [0.25, 0.3) is 0 Å². The van der Waals surface area contributed by atoms with Gasteiger partial charge in [0, 0.05) is 12.1 Å². The summed E-state index contributed by atoms with van der Waals surface area (Å²) in [6.07, 6.45) is 0.831. The maximum absolute atomic E-state index is 12.6. The van der Waals surface area contributed by atoms with Crippen molar-refractivity contribution in [3.63, 3.8) is 0 Å². The molecule has 26 heavy (non-hydrogen) atoms. The Morgan fingerprint density at radius 2 is 1.62 bits per heavy atom. The summed E-state index contributed by atoms with van der Waals surface area (Å²) in [6, 6.07) is 15.7. The van der Waals surface area contributed by atoms with Crippen LogP contribution in [-0.2, 0) is 6.54 Å². The lowest BCUT2D eigenvalue weighted by molar-refractivity contribution is 0.0935. The molecule has 0 saturated heterocycles. The van der Waals surface area contributed by atoms with E-state index in [1.165, 1.54) is 5.56 Å². The van der Waals surface area contributed by atoms with Crippen molar-refractivity contribution < 1.29 is 9.53 Å². The van der Waals surface area contributed by atoms with Gasteiger partial charge in [-0.3, -0.25) is 9.69 Å². The number of hydrogen-bond acceptors (Lipinski definition) is 3. The molecule has 1 amide bonds. The molecule has 0 bridgehead atoms. The van der Waals surface area contributed by atoms with Crippen molar-refractivity contribution in [3.05, 3.63) is 65.2 Å². The molecule has 2 aromatic rings. The number of hydrogen-bond donors (Lipinski definition) is 1. The van der Waals surface area contributed by atoms with E-state index < -0.39 is 0 Å². The van der Waals surface area contributed by atoms with Gasteiger partial charge in [0.05, 0.1) is 13.2 Å². The summed E-state index contributed by atoms with van der Waals surface area (Å²) in [5.74, 6) is 0.778. The van der Waals surface area contributed by atoms with E-state index in [0.29, 0.717) is 5.56 Å². The smallest absolute Gasteiger partial charge is 0.251 e. The average Bonchev–Trinajstić information content (AvgIpc) is 2.70. The summed E-state index contributed by atoms with van der Waals surface area (Å²) in [4.78, 5) is 15.0. The van der Waals surface area contributed by atoms with E-state index >= 15 is 0 Å². The quantitative estimate of drug-likeness (QED) is 0.725. The lowest BCUT2D eigenvalue weighted by Crippen LogP contribution is -2.28. The molecular weight excluding hydrogens is 324 g/mol. The summed E-state index contributed by atoms with van der Waals surface area (Å²) in [6.45, 7) is 9.36. The Kier molecular flexibility index (Phi) is 7.67. The van der Waals surface area contributed by atoms with Crippen LogP contribution >= 0.6 is 0 Å². The van der Waals surface area contributed by atoms with E-state index in [9.17, 15) is 4.79 Å². The van der Waals surface area contributed by atoms with Gasteiger partial charge in [-0.25, -0.2) is 0 Å². The molecule has 0 heterocycles. The topological polar surface area (TPSA) is 41.6 Å². The van der Waals surface area contributed by atoms with Crippen LogP contribution in [-0.4, -0.2) is 31.0 Å². The van der Waals surface area contributed by atoms with Crippen molar-refractivity contribution in [2.75, 3.05) is 20.2 Å². The first-order valence-corrected chi connectivity index (χ1v) is 9.37. The molecule has 2 aromatic carbocycles. The third kappa shape index (κ3) is 5.33. The summed E-state index contributed by atoms with van der Waals surface area (Å²) < 4.78 is 5.20. The first-order chi connectivity index (χ1) is 12.6. The van der Waals surface area contributed by atoms with Gasteiger partial charge < -0.3 is 10.1 Å². The summed E-state index contributed by atoms with van der Waals surface area (Å²) in [5.41, 5.74) is 3.01. The maximum atomic E-state index is 12.6. The fraction of sp³-hybridized carbons (Fsp3) is 0.409. The molecule has 1 unspecified atom stereocenters. The predicted octanol–water partition coefficient (Wildman–Crippen LogP) is 4.42. The van der Waals surface area contributed by atoms with Crippen molar-refractivity contribution in [2.45, 2.75) is 39.8 Å². The SMILES string of the molecule is CCC(NC(=O)c1ccc(CN(CC)CC)cc1)c1ccc(OC)cc1. The molecule has 4 nitrogen and oxygen atoms in total. The number of nitrogens with one attached hydrogen (secondary N) is 1. The van der Waals surface area contributed by atoms with Crippen LogP contribution in [0.15, 0.2) is 48.5 Å². The van der Waals surface area contributed by atoms with Gasteiger partial charge in [0.15, 0.2) is 0 Å². The van der Waals surface area contributed by atoms with Gasteiger partial charge >= 0.3 is 0 Å². The van der Waals surface area contributed by atoms with Crippen LogP contribution in [0.2, 0.25) is 0 Å². The average molecular weight is 354 g/mol. The number of rotatable bonds is 9. The molecule has 0 radical (unpaired) electrons. The molecule has 0 aliphatic carbocycles. The minimum Gasteiger partial charge on any atom is -0.497 e. The molecule has 0 fully saturated rings. The van der Waals surface area contributed by atoms with Crippen LogP contribution in [0.1, 0.15) is 54.7 Å². The Morgan fingerprint density at radius 1 is 1.00 bits per heavy atom. The van der Waals surface area contributed by atoms with Crippen LogP contribution in [0.3, 0.4) is 0 Å². The first-order valence-electron chi connectivity index (χ1n) is 9.37. The highest BCUT2D eigenvalue weighted by Gasteiger charge is 2.14. The molecule has 0 saturated carbocycles. The number of methoxy groups -OCH3 is 1. The van der Waals surface area contributed by atoms with E-state index in [1.807, 2.05) is 48.5 Å². The standard InChI is InChI=1S/C22H30N2O2/c1-5-21(18-12-14-20(26-4)15-13-18)23-22(25)19-10-8-17(9-11-19)16-24(6-2)7-3/h8-15,21H,5-7,16H2,1-4H3,(H,23,25). The monoisotopic (exact) mass is 354 g/mol. The first kappa shape index (κ1) is 20.0. The molecule has 0 aromatic heterocycles. The molecule has 140 valence electrons. The van der Waals surface area contributed by atoms with E-state index in [-0.39, 0.29) is 11.9 Å². The second-order valence-electron chi connectivity index (χ2n) is 6.37. The normalized spacial score (nSPS) is 12.0. The highest BCUT2D eigenvalue weighted by molar-refractivity contribution is 5.94. The number of carbonyl (C=O) groups is 1. The Hall–Kier alpha value is -2.33. The van der Waals surface area contributed by atoms with Crippen LogP contribution < -0.4 is 10.1 Å². The largest absolute Gasteiger partial charge is 0.497 e. The van der Waals surface area contributed by atoms with Crippen LogP contribution in [0.4, 0.5) is 0 Å². The number of nitrogens with zero attached hydrogens (tertiary/aromatic N) is 1. The minimum absolute atomic E-state index is 0.0104. The zero-order chi connectivity index (χ0) is 18.9. The van der Waals surface area contributed by atoms with Gasteiger partial charge in [0.25, 0.3) is 5.91 Å². The molecule has 0 aliphatic rings. The van der Waals surface area contributed by atoms with E-state index in [1.54, 1.807) is 7.11 Å².